The van der Waals surface area contributed by atoms with Crippen molar-refractivity contribution in [2.24, 2.45) is 5.41 Å². The molecule has 0 N–H and O–H groups in total. The van der Waals surface area contributed by atoms with E-state index < -0.39 is 0 Å². The number of amides is 1. The molecule has 1 saturated heterocycles. The van der Waals surface area contributed by atoms with E-state index in [1.807, 2.05) is 0 Å². The quantitative estimate of drug-likeness (QED) is 0.856. The number of rotatable bonds is 4. The van der Waals surface area contributed by atoms with Gasteiger partial charge < -0.3 is 14.5 Å². The molecule has 21 heavy (non-hydrogen) atoms. The number of carbonyl (C=O) groups is 1. The van der Waals surface area contributed by atoms with E-state index in [2.05, 4.69) is 16.8 Å². The van der Waals surface area contributed by atoms with Gasteiger partial charge in [0.1, 0.15) is 5.82 Å². The van der Waals surface area contributed by atoms with Crippen LogP contribution in [0.1, 0.15) is 23.7 Å². The van der Waals surface area contributed by atoms with Crippen molar-refractivity contribution in [1.29, 1.82) is 0 Å². The Balaban J connectivity index is 2.17. The number of halogens is 1. The van der Waals surface area contributed by atoms with Crippen LogP contribution in [-0.2, 0) is 4.74 Å². The number of pyridine rings is 1. The van der Waals surface area contributed by atoms with E-state index in [1.165, 1.54) is 4.90 Å². The summed E-state index contributed by atoms with van der Waals surface area (Å²) in [7, 11) is 5.14. The fourth-order valence-corrected chi connectivity index (χ4v) is 3.00. The highest BCUT2D eigenvalue weighted by atomic mass is 35.5. The van der Waals surface area contributed by atoms with Crippen molar-refractivity contribution < 1.29 is 9.53 Å². The highest BCUT2D eigenvalue weighted by molar-refractivity contribution is 6.33. The van der Waals surface area contributed by atoms with E-state index >= 15 is 0 Å². The Morgan fingerprint density at radius 3 is 2.86 bits per heavy atom. The summed E-state index contributed by atoms with van der Waals surface area (Å²) in [4.78, 5) is 20.0. The van der Waals surface area contributed by atoms with Gasteiger partial charge in [0.2, 0.25) is 0 Å². The zero-order valence-corrected chi connectivity index (χ0v) is 13.8. The third-order valence-electron chi connectivity index (χ3n) is 3.83. The zero-order valence-electron chi connectivity index (χ0n) is 13.0. The number of aromatic nitrogens is 1. The highest BCUT2D eigenvalue weighted by Crippen LogP contribution is 2.35. The summed E-state index contributed by atoms with van der Waals surface area (Å²) in [6.45, 7) is 4.68. The number of anilines is 1. The highest BCUT2D eigenvalue weighted by Gasteiger charge is 2.35. The number of methoxy groups -OCH3 is 1. The Kier molecular flexibility index (Phi) is 4.74. The first kappa shape index (κ1) is 16.0. The molecule has 0 radical (unpaired) electrons. The lowest BCUT2D eigenvalue weighted by Crippen LogP contribution is -2.29. The molecule has 0 saturated carbocycles. The van der Waals surface area contributed by atoms with Crippen LogP contribution in [0.15, 0.2) is 12.3 Å². The second-order valence-electron chi connectivity index (χ2n) is 6.14. The normalized spacial score (nSPS) is 21.7. The van der Waals surface area contributed by atoms with Gasteiger partial charge in [0.25, 0.3) is 5.91 Å². The van der Waals surface area contributed by atoms with E-state index in [0.29, 0.717) is 10.6 Å². The molecule has 0 aliphatic carbocycles. The molecule has 1 atom stereocenters. The van der Waals surface area contributed by atoms with E-state index in [4.69, 9.17) is 16.3 Å². The van der Waals surface area contributed by atoms with Gasteiger partial charge in [-0.25, -0.2) is 4.98 Å². The average molecular weight is 312 g/mol. The largest absolute Gasteiger partial charge is 0.384 e. The lowest BCUT2D eigenvalue weighted by Gasteiger charge is -2.24. The number of hydrogen-bond donors (Lipinski definition) is 0. The topological polar surface area (TPSA) is 45.7 Å². The minimum atomic E-state index is -0.0957. The molecule has 1 aromatic rings. The van der Waals surface area contributed by atoms with Gasteiger partial charge in [-0.3, -0.25) is 4.79 Å². The molecule has 1 fully saturated rings. The molecule has 116 valence electrons. The smallest absolute Gasteiger partial charge is 0.254 e. The summed E-state index contributed by atoms with van der Waals surface area (Å²) >= 11 is 6.32. The summed E-state index contributed by atoms with van der Waals surface area (Å²) in [5, 5.41) is 0.518. The predicted molar refractivity (Wildman–Crippen MR) is 84.1 cm³/mol. The van der Waals surface area contributed by atoms with Crippen LogP contribution in [0.4, 0.5) is 5.82 Å². The van der Waals surface area contributed by atoms with E-state index in [0.717, 1.165) is 31.9 Å². The maximum Gasteiger partial charge on any atom is 0.254 e. The molecule has 1 aliphatic rings. The van der Waals surface area contributed by atoms with Crippen LogP contribution in [0.5, 0.6) is 0 Å². The van der Waals surface area contributed by atoms with Crippen molar-refractivity contribution in [3.63, 3.8) is 0 Å². The molecule has 0 aromatic carbocycles. The molecule has 1 aromatic heterocycles. The minimum absolute atomic E-state index is 0.0957. The monoisotopic (exact) mass is 311 g/mol. The third kappa shape index (κ3) is 3.47. The molecular formula is C15H22ClN3O2. The second-order valence-corrected chi connectivity index (χ2v) is 6.55. The lowest BCUT2D eigenvalue weighted by atomic mass is 9.91. The predicted octanol–water partition coefficient (Wildman–Crippen LogP) is 2.30. The molecule has 2 rings (SSSR count). The van der Waals surface area contributed by atoms with Gasteiger partial charge in [0.15, 0.2) is 0 Å². The first-order valence-electron chi connectivity index (χ1n) is 6.97. The maximum atomic E-state index is 11.9. The average Bonchev–Trinajstić information content (AvgIpc) is 2.80. The molecular weight excluding hydrogens is 290 g/mol. The summed E-state index contributed by atoms with van der Waals surface area (Å²) in [6, 6.07) is 1.69. The number of nitrogens with zero attached hydrogens (tertiary/aromatic N) is 3. The maximum absolute atomic E-state index is 11.9. The van der Waals surface area contributed by atoms with Gasteiger partial charge in [-0.15, -0.1) is 0 Å². The molecule has 0 spiro atoms. The third-order valence-corrected chi connectivity index (χ3v) is 4.10. The van der Waals surface area contributed by atoms with Gasteiger partial charge in [-0.05, 0) is 12.5 Å². The lowest BCUT2D eigenvalue weighted by molar-refractivity contribution is 0.0827. The summed E-state index contributed by atoms with van der Waals surface area (Å²) in [5.74, 6) is 0.647. The van der Waals surface area contributed by atoms with Gasteiger partial charge in [0.05, 0.1) is 17.2 Å². The molecule has 1 aliphatic heterocycles. The molecule has 6 heteroatoms. The van der Waals surface area contributed by atoms with Crippen molar-refractivity contribution in [1.82, 2.24) is 9.88 Å². The fraction of sp³-hybridized carbons (Fsp3) is 0.600. The van der Waals surface area contributed by atoms with Crippen molar-refractivity contribution >= 4 is 23.3 Å². The summed E-state index contributed by atoms with van der Waals surface area (Å²) < 4.78 is 5.29. The van der Waals surface area contributed by atoms with Crippen LogP contribution >= 0.6 is 11.6 Å². The Hall–Kier alpha value is -1.33. The Morgan fingerprint density at radius 1 is 1.57 bits per heavy atom. The van der Waals surface area contributed by atoms with Crippen molar-refractivity contribution in [3.8, 4) is 0 Å². The van der Waals surface area contributed by atoms with Crippen LogP contribution in [0, 0.1) is 5.41 Å². The fourth-order valence-electron chi connectivity index (χ4n) is 2.71. The molecule has 2 heterocycles. The molecule has 0 bridgehead atoms. The van der Waals surface area contributed by atoms with Crippen LogP contribution in [0.2, 0.25) is 5.02 Å². The first-order valence-corrected chi connectivity index (χ1v) is 7.35. The Morgan fingerprint density at radius 2 is 2.29 bits per heavy atom. The van der Waals surface area contributed by atoms with Crippen molar-refractivity contribution in [2.75, 3.05) is 45.8 Å². The number of carbonyl (C=O) groups excluding carboxylic acids is 1. The van der Waals surface area contributed by atoms with Crippen LogP contribution in [0.25, 0.3) is 0 Å². The van der Waals surface area contributed by atoms with Crippen LogP contribution in [0.3, 0.4) is 0 Å². The molecule has 1 amide bonds. The van der Waals surface area contributed by atoms with Gasteiger partial charge in [-0.1, -0.05) is 18.5 Å². The van der Waals surface area contributed by atoms with Gasteiger partial charge in [0, 0.05) is 45.9 Å². The molecule has 1 unspecified atom stereocenters. The standard InChI is InChI=1S/C15H22ClN3O2/c1-15(10-21-4)5-6-19(9-15)13-12(16)7-11(8-17-13)14(20)18(2)3/h7-8H,5-6,9-10H2,1-4H3. The Bertz CT molecular complexity index is 536. The van der Waals surface area contributed by atoms with E-state index in [9.17, 15) is 4.79 Å². The number of ether oxygens (including phenoxy) is 1. The van der Waals surface area contributed by atoms with Crippen LogP contribution < -0.4 is 4.90 Å². The van der Waals surface area contributed by atoms with Crippen molar-refractivity contribution in [3.05, 3.63) is 22.8 Å². The first-order chi connectivity index (χ1) is 9.86. The van der Waals surface area contributed by atoms with Crippen LogP contribution in [-0.4, -0.2) is 56.7 Å². The van der Waals surface area contributed by atoms with Gasteiger partial charge >= 0.3 is 0 Å². The zero-order chi connectivity index (χ0) is 15.6. The van der Waals surface area contributed by atoms with Gasteiger partial charge in [-0.2, -0.15) is 0 Å². The van der Waals surface area contributed by atoms with Crippen molar-refractivity contribution in [2.45, 2.75) is 13.3 Å². The summed E-state index contributed by atoms with van der Waals surface area (Å²) in [5.41, 5.74) is 0.630. The van der Waals surface area contributed by atoms with E-state index in [-0.39, 0.29) is 11.3 Å². The SMILES string of the molecule is COCC1(C)CCN(c2ncc(C(=O)N(C)C)cc2Cl)C1. The Labute approximate surface area is 130 Å². The minimum Gasteiger partial charge on any atom is -0.384 e. The second kappa shape index (κ2) is 6.20. The number of hydrogen-bond acceptors (Lipinski definition) is 4. The molecule has 5 nitrogen and oxygen atoms in total. The van der Waals surface area contributed by atoms with E-state index in [1.54, 1.807) is 33.5 Å². The summed E-state index contributed by atoms with van der Waals surface area (Å²) in [6.07, 6.45) is 2.63.